The van der Waals surface area contributed by atoms with Crippen LogP contribution >= 0.6 is 12.4 Å². The summed E-state index contributed by atoms with van der Waals surface area (Å²) in [5, 5.41) is 9.41. The summed E-state index contributed by atoms with van der Waals surface area (Å²) in [6.07, 6.45) is 0.00860. The Hall–Kier alpha value is -1.25. The topological polar surface area (TPSA) is 68.2 Å². The molecule has 20 heavy (non-hydrogen) atoms. The van der Waals surface area contributed by atoms with Crippen molar-refractivity contribution in [2.75, 3.05) is 18.5 Å². The lowest BCUT2D eigenvalue weighted by molar-refractivity contribution is -0.123. The molecule has 0 aliphatic carbocycles. The molecule has 1 aliphatic heterocycles. The number of carbonyl (C=O) groups is 1. The molecule has 1 fully saturated rings. The van der Waals surface area contributed by atoms with Crippen molar-refractivity contribution in [1.82, 2.24) is 15.1 Å². The fourth-order valence-electron chi connectivity index (χ4n) is 1.92. The predicted octanol–water partition coefficient (Wildman–Crippen LogP) is 0.885. The van der Waals surface area contributed by atoms with E-state index in [1.54, 1.807) is 6.92 Å². The third-order valence-corrected chi connectivity index (χ3v) is 2.82. The number of ether oxygens (including phenoxy) is 1. The van der Waals surface area contributed by atoms with Crippen molar-refractivity contribution in [1.29, 1.82) is 0 Å². The first-order chi connectivity index (χ1) is 9.06. The largest absolute Gasteiger partial charge is 0.375 e. The summed E-state index contributed by atoms with van der Waals surface area (Å²) in [6, 6.07) is -0.452. The number of nitrogens with zero attached hydrogens (tertiary/aromatic N) is 2. The van der Waals surface area contributed by atoms with Gasteiger partial charge in [0.05, 0.1) is 24.6 Å². The number of alkyl halides is 2. The van der Waals surface area contributed by atoms with Crippen molar-refractivity contribution < 1.29 is 18.3 Å². The van der Waals surface area contributed by atoms with E-state index in [9.17, 15) is 13.6 Å². The highest BCUT2D eigenvalue weighted by atomic mass is 35.5. The van der Waals surface area contributed by atoms with Gasteiger partial charge < -0.3 is 15.4 Å². The molecule has 6 nitrogen and oxygen atoms in total. The van der Waals surface area contributed by atoms with Crippen molar-refractivity contribution in [2.45, 2.75) is 32.0 Å². The van der Waals surface area contributed by atoms with E-state index in [-0.39, 0.29) is 24.4 Å². The van der Waals surface area contributed by atoms with E-state index in [1.165, 1.54) is 12.4 Å². The molecular weight excluding hydrogens is 294 g/mol. The fraction of sp³-hybridized carbons (Fsp3) is 0.636. The summed E-state index contributed by atoms with van der Waals surface area (Å²) in [5.41, 5.74) is 0.394. The van der Waals surface area contributed by atoms with Crippen LogP contribution in [-0.4, -0.2) is 47.4 Å². The molecule has 0 saturated carbocycles. The lowest BCUT2D eigenvalue weighted by Crippen LogP contribution is -2.53. The maximum Gasteiger partial charge on any atom is 0.257 e. The minimum absolute atomic E-state index is 0. The minimum Gasteiger partial charge on any atom is -0.375 e. The number of halogens is 3. The quantitative estimate of drug-likeness (QED) is 0.866. The summed E-state index contributed by atoms with van der Waals surface area (Å²) in [5.74, 6) is -0.260. The normalized spacial score (nSPS) is 22.4. The SMILES string of the molecule is C[C@H]1OCCN[C@@H]1C(=O)Nc1cnn(CC(F)F)c1.Cl. The van der Waals surface area contributed by atoms with Gasteiger partial charge in [-0.3, -0.25) is 9.48 Å². The van der Waals surface area contributed by atoms with Gasteiger partial charge in [0.2, 0.25) is 5.91 Å². The van der Waals surface area contributed by atoms with E-state index in [4.69, 9.17) is 4.74 Å². The molecule has 0 unspecified atom stereocenters. The second-order valence-corrected chi connectivity index (χ2v) is 4.34. The standard InChI is InChI=1S/C11H16F2N4O2.ClH/c1-7-10(14-2-3-19-7)11(18)16-8-4-15-17(5-8)6-9(12)13;/h4-5,7,9-10,14H,2-3,6H2,1H3,(H,16,18);1H/t7-,10+;/m1./s1. The highest BCUT2D eigenvalue weighted by molar-refractivity contribution is 5.95. The zero-order chi connectivity index (χ0) is 13.8. The molecule has 2 rings (SSSR count). The van der Waals surface area contributed by atoms with Gasteiger partial charge in [0.1, 0.15) is 12.6 Å². The van der Waals surface area contributed by atoms with Gasteiger partial charge in [-0.2, -0.15) is 5.10 Å². The number of carbonyl (C=O) groups excluding carboxylic acids is 1. The number of anilines is 1. The van der Waals surface area contributed by atoms with Crippen molar-refractivity contribution in [3.05, 3.63) is 12.4 Å². The molecule has 0 aromatic carbocycles. The summed E-state index contributed by atoms with van der Waals surface area (Å²) in [6.45, 7) is 2.48. The Bertz CT molecular complexity index is 444. The third kappa shape index (κ3) is 4.39. The molecule has 2 N–H and O–H groups in total. The van der Waals surface area contributed by atoms with Crippen LogP contribution in [0.3, 0.4) is 0 Å². The minimum atomic E-state index is -2.48. The smallest absolute Gasteiger partial charge is 0.257 e. The van der Waals surface area contributed by atoms with E-state index in [2.05, 4.69) is 15.7 Å². The van der Waals surface area contributed by atoms with Crippen LogP contribution < -0.4 is 10.6 Å². The van der Waals surface area contributed by atoms with Gasteiger partial charge in [0.15, 0.2) is 0 Å². The molecule has 1 saturated heterocycles. The number of aromatic nitrogens is 2. The number of nitrogens with one attached hydrogen (secondary N) is 2. The maximum absolute atomic E-state index is 12.2. The number of hydrogen-bond donors (Lipinski definition) is 2. The lowest BCUT2D eigenvalue weighted by atomic mass is 10.1. The molecule has 0 spiro atoms. The van der Waals surface area contributed by atoms with Gasteiger partial charge in [0.25, 0.3) is 6.43 Å². The lowest BCUT2D eigenvalue weighted by Gasteiger charge is -2.29. The van der Waals surface area contributed by atoms with Gasteiger partial charge in [0, 0.05) is 12.7 Å². The molecule has 1 aromatic heterocycles. The van der Waals surface area contributed by atoms with Crippen LogP contribution in [0.5, 0.6) is 0 Å². The molecule has 0 bridgehead atoms. The monoisotopic (exact) mass is 310 g/mol. The van der Waals surface area contributed by atoms with E-state index in [1.807, 2.05) is 0 Å². The molecule has 2 atom stereocenters. The molecule has 9 heteroatoms. The van der Waals surface area contributed by atoms with Crippen molar-refractivity contribution in [3.63, 3.8) is 0 Å². The van der Waals surface area contributed by atoms with Crippen LogP contribution in [-0.2, 0) is 16.1 Å². The molecule has 0 radical (unpaired) electrons. The summed E-state index contributed by atoms with van der Waals surface area (Å²) in [7, 11) is 0. The molecule has 2 heterocycles. The zero-order valence-electron chi connectivity index (χ0n) is 10.9. The van der Waals surface area contributed by atoms with E-state index in [0.717, 1.165) is 4.68 Å². The number of rotatable bonds is 4. The van der Waals surface area contributed by atoms with Crippen LogP contribution in [0.25, 0.3) is 0 Å². The van der Waals surface area contributed by atoms with Crippen molar-refractivity contribution in [3.8, 4) is 0 Å². The summed E-state index contributed by atoms with van der Waals surface area (Å²) >= 11 is 0. The Labute approximate surface area is 121 Å². The van der Waals surface area contributed by atoms with E-state index < -0.39 is 19.0 Å². The highest BCUT2D eigenvalue weighted by Crippen LogP contribution is 2.10. The second kappa shape index (κ2) is 7.51. The predicted molar refractivity (Wildman–Crippen MR) is 71.3 cm³/mol. The first-order valence-corrected chi connectivity index (χ1v) is 6.02. The van der Waals surface area contributed by atoms with Gasteiger partial charge >= 0.3 is 0 Å². The molecule has 1 aromatic rings. The van der Waals surface area contributed by atoms with Crippen LogP contribution in [0, 0.1) is 0 Å². The average molecular weight is 311 g/mol. The molecule has 1 amide bonds. The highest BCUT2D eigenvalue weighted by Gasteiger charge is 2.28. The second-order valence-electron chi connectivity index (χ2n) is 4.34. The van der Waals surface area contributed by atoms with Crippen LogP contribution in [0.15, 0.2) is 12.4 Å². The zero-order valence-corrected chi connectivity index (χ0v) is 11.7. The maximum atomic E-state index is 12.2. The Morgan fingerprint density at radius 2 is 2.45 bits per heavy atom. The van der Waals surface area contributed by atoms with Gasteiger partial charge in [-0.15, -0.1) is 12.4 Å². The Morgan fingerprint density at radius 3 is 3.10 bits per heavy atom. The van der Waals surface area contributed by atoms with E-state index >= 15 is 0 Å². The first-order valence-electron chi connectivity index (χ1n) is 6.02. The van der Waals surface area contributed by atoms with Crippen LogP contribution in [0.4, 0.5) is 14.5 Å². The van der Waals surface area contributed by atoms with Gasteiger partial charge in [-0.25, -0.2) is 8.78 Å². The molecular formula is C11H17ClF2N4O2. The summed E-state index contributed by atoms with van der Waals surface area (Å²) < 4.78 is 30.8. The average Bonchev–Trinajstić information content (AvgIpc) is 2.76. The van der Waals surface area contributed by atoms with Crippen molar-refractivity contribution in [2.24, 2.45) is 0 Å². The summed E-state index contributed by atoms with van der Waals surface area (Å²) in [4.78, 5) is 12.0. The fourth-order valence-corrected chi connectivity index (χ4v) is 1.92. The van der Waals surface area contributed by atoms with Crippen molar-refractivity contribution >= 4 is 24.0 Å². The molecule has 1 aliphatic rings. The van der Waals surface area contributed by atoms with Gasteiger partial charge in [-0.1, -0.05) is 0 Å². The van der Waals surface area contributed by atoms with Crippen LogP contribution in [0.2, 0.25) is 0 Å². The Kier molecular flexibility index (Phi) is 6.31. The van der Waals surface area contributed by atoms with E-state index in [0.29, 0.717) is 18.8 Å². The third-order valence-electron chi connectivity index (χ3n) is 2.82. The van der Waals surface area contributed by atoms with Crippen LogP contribution in [0.1, 0.15) is 6.92 Å². The first kappa shape index (κ1) is 16.8. The Morgan fingerprint density at radius 1 is 1.70 bits per heavy atom. The number of hydrogen-bond acceptors (Lipinski definition) is 4. The Balaban J connectivity index is 0.00000200. The molecule has 114 valence electrons. The number of amides is 1. The number of morpholine rings is 1. The van der Waals surface area contributed by atoms with Gasteiger partial charge in [-0.05, 0) is 6.92 Å².